The number of Topliss-reactive ketones (excluding diaryl/α,β-unsaturated/α-hetero) is 1. The molecule has 0 atom stereocenters. The zero-order chi connectivity index (χ0) is 23.5. The number of hydrogen-bond donors (Lipinski definition) is 2. The molecule has 0 unspecified atom stereocenters. The number of ketones is 1. The number of morpholine rings is 1. The van der Waals surface area contributed by atoms with Crippen LogP contribution in [0.5, 0.6) is 0 Å². The van der Waals surface area contributed by atoms with Crippen LogP contribution in [0, 0.1) is 6.92 Å². The summed E-state index contributed by atoms with van der Waals surface area (Å²) in [4.78, 5) is 36.1. The molecule has 3 heterocycles. The van der Waals surface area contributed by atoms with Gasteiger partial charge in [0.15, 0.2) is 10.9 Å². The SMILES string of the molecule is Cc1[nH]c2ccccc2c1C(=O)CSc1nc2ccccc2c(=O)n1CCC[NH+]1CCOCC1. The normalized spacial score (nSPS) is 14.7. The van der Waals surface area contributed by atoms with Crippen LogP contribution in [-0.2, 0) is 11.3 Å². The number of nitrogens with one attached hydrogen (secondary N) is 2. The standard InChI is InChI=1S/C26H28N4O3S/c1-18-24(19-7-2-4-9-21(19)27-18)23(31)17-34-26-28-22-10-5-3-8-20(22)25(32)30(26)12-6-11-29-13-15-33-16-14-29/h2-5,7-10,27H,6,11-17H2,1H3/p+1. The predicted octanol–water partition coefficient (Wildman–Crippen LogP) is 2.47. The molecule has 2 aromatic heterocycles. The fourth-order valence-electron chi connectivity index (χ4n) is 4.69. The van der Waals surface area contributed by atoms with E-state index < -0.39 is 0 Å². The van der Waals surface area contributed by atoms with Crippen molar-refractivity contribution in [1.29, 1.82) is 0 Å². The average molecular weight is 478 g/mol. The first-order chi connectivity index (χ1) is 16.6. The minimum Gasteiger partial charge on any atom is -0.370 e. The Morgan fingerprint density at radius 1 is 1.12 bits per heavy atom. The van der Waals surface area contributed by atoms with Gasteiger partial charge in [0, 0.05) is 35.1 Å². The first-order valence-corrected chi connectivity index (χ1v) is 12.7. The number of fused-ring (bicyclic) bond motifs is 2. The molecule has 1 saturated heterocycles. The Morgan fingerprint density at radius 2 is 1.85 bits per heavy atom. The topological polar surface area (TPSA) is 81.4 Å². The van der Waals surface area contributed by atoms with E-state index in [2.05, 4.69) is 4.98 Å². The molecule has 0 aliphatic carbocycles. The Bertz CT molecular complexity index is 1390. The third-order valence-corrected chi connectivity index (χ3v) is 7.42. The summed E-state index contributed by atoms with van der Waals surface area (Å²) in [6.07, 6.45) is 0.873. The Morgan fingerprint density at radius 3 is 2.68 bits per heavy atom. The van der Waals surface area contributed by atoms with Gasteiger partial charge in [0.05, 0.1) is 36.4 Å². The molecule has 176 valence electrons. The largest absolute Gasteiger partial charge is 0.370 e. The summed E-state index contributed by atoms with van der Waals surface area (Å²) >= 11 is 1.35. The molecule has 0 spiro atoms. The van der Waals surface area contributed by atoms with Gasteiger partial charge in [-0.2, -0.15) is 0 Å². The van der Waals surface area contributed by atoms with E-state index in [-0.39, 0.29) is 17.1 Å². The fourth-order valence-corrected chi connectivity index (χ4v) is 5.59. The second kappa shape index (κ2) is 10.1. The van der Waals surface area contributed by atoms with Gasteiger partial charge in [-0.3, -0.25) is 14.2 Å². The van der Waals surface area contributed by atoms with Crippen LogP contribution in [0.2, 0.25) is 0 Å². The van der Waals surface area contributed by atoms with E-state index in [1.54, 1.807) is 4.57 Å². The Balaban J connectivity index is 1.38. The summed E-state index contributed by atoms with van der Waals surface area (Å²) in [5.74, 6) is 0.258. The average Bonchev–Trinajstić information content (AvgIpc) is 3.20. The number of aryl methyl sites for hydroxylation is 1. The van der Waals surface area contributed by atoms with Crippen LogP contribution in [0.3, 0.4) is 0 Å². The van der Waals surface area contributed by atoms with Crippen LogP contribution in [0.15, 0.2) is 58.5 Å². The Labute approximate surface area is 202 Å². The van der Waals surface area contributed by atoms with Gasteiger partial charge in [0.25, 0.3) is 5.56 Å². The van der Waals surface area contributed by atoms with Gasteiger partial charge in [-0.1, -0.05) is 42.1 Å². The lowest BCUT2D eigenvalue weighted by Gasteiger charge is -2.24. The van der Waals surface area contributed by atoms with E-state index in [1.807, 2.05) is 55.5 Å². The van der Waals surface area contributed by atoms with Gasteiger partial charge in [0.2, 0.25) is 0 Å². The third kappa shape index (κ3) is 4.66. The highest BCUT2D eigenvalue weighted by molar-refractivity contribution is 7.99. The highest BCUT2D eigenvalue weighted by Gasteiger charge is 2.19. The summed E-state index contributed by atoms with van der Waals surface area (Å²) in [7, 11) is 0. The van der Waals surface area contributed by atoms with Gasteiger partial charge < -0.3 is 14.6 Å². The van der Waals surface area contributed by atoms with E-state index in [1.165, 1.54) is 16.7 Å². The zero-order valence-electron chi connectivity index (χ0n) is 19.3. The van der Waals surface area contributed by atoms with E-state index in [0.29, 0.717) is 28.2 Å². The molecule has 1 aliphatic rings. The highest BCUT2D eigenvalue weighted by Crippen LogP contribution is 2.25. The molecule has 4 aromatic rings. The fraction of sp³-hybridized carbons (Fsp3) is 0.346. The van der Waals surface area contributed by atoms with Crippen LogP contribution >= 0.6 is 11.8 Å². The maximum atomic E-state index is 13.3. The molecule has 0 amide bonds. The van der Waals surface area contributed by atoms with Crippen LogP contribution in [0.4, 0.5) is 0 Å². The molecule has 2 N–H and O–H groups in total. The zero-order valence-corrected chi connectivity index (χ0v) is 20.1. The minimum absolute atomic E-state index is 0.0340. The molecule has 1 aliphatic heterocycles. The maximum absolute atomic E-state index is 13.3. The number of thioether (sulfide) groups is 1. The van der Waals surface area contributed by atoms with Crippen molar-refractivity contribution in [3.05, 3.63) is 70.1 Å². The van der Waals surface area contributed by atoms with Gasteiger partial charge >= 0.3 is 0 Å². The first-order valence-electron chi connectivity index (χ1n) is 11.8. The number of carbonyl (C=O) groups excluding carboxylic acids is 1. The maximum Gasteiger partial charge on any atom is 0.262 e. The number of hydrogen-bond acceptors (Lipinski definition) is 5. The second-order valence-corrected chi connectivity index (χ2v) is 9.66. The Hall–Kier alpha value is -2.94. The monoisotopic (exact) mass is 477 g/mol. The highest BCUT2D eigenvalue weighted by atomic mass is 32.2. The van der Waals surface area contributed by atoms with Crippen molar-refractivity contribution in [2.24, 2.45) is 0 Å². The van der Waals surface area contributed by atoms with Crippen molar-refractivity contribution in [2.75, 3.05) is 38.6 Å². The molecule has 34 heavy (non-hydrogen) atoms. The molecular formula is C26H29N4O3S+. The lowest BCUT2D eigenvalue weighted by Crippen LogP contribution is -3.14. The number of para-hydroxylation sites is 2. The van der Waals surface area contributed by atoms with Gasteiger partial charge in [-0.25, -0.2) is 4.98 Å². The predicted molar refractivity (Wildman–Crippen MR) is 135 cm³/mol. The lowest BCUT2D eigenvalue weighted by atomic mass is 10.1. The third-order valence-electron chi connectivity index (χ3n) is 6.44. The Kier molecular flexibility index (Phi) is 6.80. The number of nitrogens with zero attached hydrogens (tertiary/aromatic N) is 2. The molecule has 0 bridgehead atoms. The van der Waals surface area contributed by atoms with Crippen molar-refractivity contribution in [3.63, 3.8) is 0 Å². The molecule has 0 saturated carbocycles. The summed E-state index contributed by atoms with van der Waals surface area (Å²) in [6.45, 7) is 7.10. The molecule has 0 radical (unpaired) electrons. The molecule has 1 fully saturated rings. The van der Waals surface area contributed by atoms with E-state index >= 15 is 0 Å². The van der Waals surface area contributed by atoms with Crippen LogP contribution in [0.1, 0.15) is 22.5 Å². The number of aromatic nitrogens is 3. The summed E-state index contributed by atoms with van der Waals surface area (Å²) < 4.78 is 7.20. The molecule has 5 rings (SSSR count). The number of rotatable bonds is 8. The number of carbonyl (C=O) groups is 1. The van der Waals surface area contributed by atoms with Crippen molar-refractivity contribution < 1.29 is 14.4 Å². The number of benzene rings is 2. The molecule has 7 nitrogen and oxygen atoms in total. The van der Waals surface area contributed by atoms with Crippen molar-refractivity contribution in [3.8, 4) is 0 Å². The van der Waals surface area contributed by atoms with Crippen LogP contribution in [0.25, 0.3) is 21.8 Å². The quantitative estimate of drug-likeness (QED) is 0.232. The molecular weight excluding hydrogens is 448 g/mol. The summed E-state index contributed by atoms with van der Waals surface area (Å²) in [6, 6.07) is 15.3. The molecule has 2 aromatic carbocycles. The number of aromatic amines is 1. The van der Waals surface area contributed by atoms with E-state index in [9.17, 15) is 9.59 Å². The first kappa shape index (κ1) is 22.8. The number of H-pyrrole nitrogens is 1. The smallest absolute Gasteiger partial charge is 0.262 e. The van der Waals surface area contributed by atoms with Crippen molar-refractivity contribution in [2.45, 2.75) is 25.0 Å². The lowest BCUT2D eigenvalue weighted by molar-refractivity contribution is -0.908. The van der Waals surface area contributed by atoms with Gasteiger partial charge in [-0.05, 0) is 25.1 Å². The van der Waals surface area contributed by atoms with Gasteiger partial charge in [-0.15, -0.1) is 0 Å². The van der Waals surface area contributed by atoms with Crippen molar-refractivity contribution >= 4 is 39.4 Å². The van der Waals surface area contributed by atoms with Crippen molar-refractivity contribution in [1.82, 2.24) is 14.5 Å². The summed E-state index contributed by atoms with van der Waals surface area (Å²) in [5.41, 5.74) is 3.17. The second-order valence-electron chi connectivity index (χ2n) is 8.72. The molecule has 8 heteroatoms. The van der Waals surface area contributed by atoms with Crippen LogP contribution in [-0.4, -0.2) is 58.9 Å². The number of ether oxygens (including phenoxy) is 1. The van der Waals surface area contributed by atoms with Crippen LogP contribution < -0.4 is 10.5 Å². The van der Waals surface area contributed by atoms with Gasteiger partial charge in [0.1, 0.15) is 13.1 Å². The minimum atomic E-state index is -0.0409. The summed E-state index contributed by atoms with van der Waals surface area (Å²) in [5, 5.41) is 2.15. The number of quaternary nitrogens is 1. The van der Waals surface area contributed by atoms with E-state index in [4.69, 9.17) is 9.72 Å². The van der Waals surface area contributed by atoms with E-state index in [0.717, 1.165) is 55.9 Å².